The first kappa shape index (κ1) is 21.7. The molecule has 152 valence electrons. The molecule has 0 aromatic carbocycles. The van der Waals surface area contributed by atoms with Gasteiger partial charge in [-0.05, 0) is 37.1 Å². The summed E-state index contributed by atoms with van der Waals surface area (Å²) in [5, 5.41) is 2.12. The summed E-state index contributed by atoms with van der Waals surface area (Å²) in [7, 11) is 0. The third-order valence-corrected chi connectivity index (χ3v) is 3.48. The average molecular weight is 399 g/mol. The second kappa shape index (κ2) is 10.6. The minimum atomic E-state index is -0.819. The maximum Gasteiger partial charge on any atom is 0.356 e. The predicted molar refractivity (Wildman–Crippen MR) is 101 cm³/mol. The molecule has 0 aliphatic heterocycles. The van der Waals surface area contributed by atoms with Crippen LogP contribution in [0.3, 0.4) is 0 Å². The molecule has 0 aliphatic rings. The van der Waals surface area contributed by atoms with Crippen LogP contribution in [0.4, 0.5) is 0 Å². The van der Waals surface area contributed by atoms with Crippen molar-refractivity contribution in [2.24, 2.45) is 0 Å². The summed E-state index contributed by atoms with van der Waals surface area (Å²) in [5.74, 6) is -2.96. The van der Waals surface area contributed by atoms with Gasteiger partial charge >= 0.3 is 11.9 Å². The third-order valence-electron chi connectivity index (χ3n) is 3.48. The zero-order valence-corrected chi connectivity index (χ0v) is 16.1. The largest absolute Gasteiger partial charge is 0.461 e. The van der Waals surface area contributed by atoms with Crippen LogP contribution >= 0.6 is 0 Å². The fourth-order valence-corrected chi connectivity index (χ4v) is 2.12. The number of esters is 2. The van der Waals surface area contributed by atoms with Gasteiger partial charge in [0.05, 0.1) is 13.2 Å². The molecule has 2 rings (SSSR count). The van der Waals surface area contributed by atoms with Crippen LogP contribution in [0, 0.1) is 0 Å². The number of carbonyl (C=O) groups is 4. The zero-order valence-electron chi connectivity index (χ0n) is 16.1. The highest BCUT2D eigenvalue weighted by Crippen LogP contribution is 2.05. The molecule has 0 bridgehead atoms. The molecular weight excluding hydrogens is 378 g/mol. The molecule has 2 amide bonds. The lowest BCUT2D eigenvalue weighted by Gasteiger charge is -2.07. The Hall–Kier alpha value is -3.62. The Balaban J connectivity index is 2.08. The lowest BCUT2D eigenvalue weighted by atomic mass is 10.2. The van der Waals surface area contributed by atoms with Crippen molar-refractivity contribution >= 4 is 23.8 Å². The summed E-state index contributed by atoms with van der Waals surface area (Å²) in [6.45, 7) is 4.17. The molecule has 0 atom stereocenters. The first-order valence-electron chi connectivity index (χ1n) is 9.10. The van der Waals surface area contributed by atoms with E-state index in [1.807, 2.05) is 13.8 Å². The summed E-state index contributed by atoms with van der Waals surface area (Å²) >= 11 is 0. The second-order valence-corrected chi connectivity index (χ2v) is 5.87. The lowest BCUT2D eigenvalue weighted by Crippen LogP contribution is -2.32. The molecule has 0 spiro atoms. The monoisotopic (exact) mass is 399 g/mol. The van der Waals surface area contributed by atoms with Crippen molar-refractivity contribution < 1.29 is 28.7 Å². The molecule has 0 saturated carbocycles. The van der Waals surface area contributed by atoms with Gasteiger partial charge in [-0.1, -0.05) is 26.0 Å². The van der Waals surface area contributed by atoms with E-state index in [0.717, 1.165) is 0 Å². The molecular formula is C20H21N3O6. The van der Waals surface area contributed by atoms with Gasteiger partial charge in [0.1, 0.15) is 22.8 Å². The van der Waals surface area contributed by atoms with E-state index in [9.17, 15) is 19.2 Å². The number of imide groups is 1. The molecule has 0 fully saturated rings. The van der Waals surface area contributed by atoms with Gasteiger partial charge in [0.25, 0.3) is 11.8 Å². The molecule has 2 heterocycles. The molecule has 0 radical (unpaired) electrons. The molecule has 0 saturated heterocycles. The number of ether oxygens (including phenoxy) is 2. The molecule has 9 heteroatoms. The smallest absolute Gasteiger partial charge is 0.356 e. The molecule has 1 N–H and O–H groups in total. The number of rotatable bonds is 8. The lowest BCUT2D eigenvalue weighted by molar-refractivity contribution is 0.0489. The van der Waals surface area contributed by atoms with Crippen molar-refractivity contribution in [1.82, 2.24) is 15.3 Å². The van der Waals surface area contributed by atoms with Crippen molar-refractivity contribution in [1.29, 1.82) is 0 Å². The number of carbonyl (C=O) groups excluding carboxylic acids is 4. The quantitative estimate of drug-likeness (QED) is 0.529. The Bertz CT molecular complexity index is 839. The van der Waals surface area contributed by atoms with E-state index in [1.54, 1.807) is 0 Å². The fourth-order valence-electron chi connectivity index (χ4n) is 2.12. The predicted octanol–water partition coefficient (Wildman–Crippen LogP) is 2.18. The van der Waals surface area contributed by atoms with Gasteiger partial charge in [-0.25, -0.2) is 19.6 Å². The van der Waals surface area contributed by atoms with Crippen molar-refractivity contribution in [2.75, 3.05) is 13.2 Å². The summed E-state index contributed by atoms with van der Waals surface area (Å²) < 4.78 is 9.94. The van der Waals surface area contributed by atoms with Gasteiger partial charge in [0.2, 0.25) is 0 Å². The molecule has 0 aliphatic carbocycles. The number of nitrogens with zero attached hydrogens (tertiary/aromatic N) is 2. The van der Waals surface area contributed by atoms with E-state index in [4.69, 9.17) is 9.47 Å². The first-order valence-corrected chi connectivity index (χ1v) is 9.10. The second-order valence-electron chi connectivity index (χ2n) is 5.87. The van der Waals surface area contributed by atoms with E-state index in [1.165, 1.54) is 36.4 Å². The van der Waals surface area contributed by atoms with Crippen molar-refractivity contribution in [3.8, 4) is 0 Å². The maximum atomic E-state index is 12.3. The molecule has 2 aromatic rings. The fraction of sp³-hybridized carbons (Fsp3) is 0.300. The van der Waals surface area contributed by atoms with Gasteiger partial charge in [0.15, 0.2) is 0 Å². The summed E-state index contributed by atoms with van der Waals surface area (Å²) in [6, 6.07) is 8.43. The van der Waals surface area contributed by atoms with Crippen LogP contribution in [0.25, 0.3) is 0 Å². The Morgan fingerprint density at radius 2 is 1.10 bits per heavy atom. The summed E-state index contributed by atoms with van der Waals surface area (Å²) in [5.41, 5.74) is -0.361. The SMILES string of the molecule is CCCOC(=O)c1cccc(C(=O)NC(=O)c2cccc(C(=O)OCCC)n2)n1. The number of aromatic nitrogens is 2. The molecule has 0 unspecified atom stereocenters. The highest BCUT2D eigenvalue weighted by molar-refractivity contribution is 6.09. The third kappa shape index (κ3) is 6.20. The maximum absolute atomic E-state index is 12.3. The van der Waals surface area contributed by atoms with E-state index in [2.05, 4.69) is 15.3 Å². The minimum Gasteiger partial charge on any atom is -0.461 e. The number of hydrogen-bond donors (Lipinski definition) is 1. The Morgan fingerprint density at radius 3 is 1.48 bits per heavy atom. The highest BCUT2D eigenvalue weighted by atomic mass is 16.5. The van der Waals surface area contributed by atoms with Crippen molar-refractivity contribution in [2.45, 2.75) is 26.7 Å². The van der Waals surface area contributed by atoms with Crippen molar-refractivity contribution in [3.05, 3.63) is 59.2 Å². The zero-order chi connectivity index (χ0) is 21.2. The first-order chi connectivity index (χ1) is 14.0. The number of nitrogens with one attached hydrogen (secondary N) is 1. The summed E-state index contributed by atoms with van der Waals surface area (Å²) in [6.07, 6.45) is 1.30. The Kier molecular flexibility index (Phi) is 7.96. The van der Waals surface area contributed by atoms with Crippen LogP contribution in [0.1, 0.15) is 68.6 Å². The highest BCUT2D eigenvalue weighted by Gasteiger charge is 2.18. The van der Waals surface area contributed by atoms with Crippen LogP contribution in [0.15, 0.2) is 36.4 Å². The van der Waals surface area contributed by atoms with Crippen LogP contribution in [-0.4, -0.2) is 46.9 Å². The topological polar surface area (TPSA) is 125 Å². The Labute approximate surface area is 167 Å². The van der Waals surface area contributed by atoms with Gasteiger partial charge in [-0.3, -0.25) is 14.9 Å². The van der Waals surface area contributed by atoms with Crippen LogP contribution in [0.2, 0.25) is 0 Å². The van der Waals surface area contributed by atoms with Crippen LogP contribution in [-0.2, 0) is 9.47 Å². The Morgan fingerprint density at radius 1 is 0.724 bits per heavy atom. The molecule has 2 aromatic heterocycles. The number of amides is 2. The average Bonchev–Trinajstić information content (AvgIpc) is 2.75. The van der Waals surface area contributed by atoms with Crippen LogP contribution < -0.4 is 5.32 Å². The van der Waals surface area contributed by atoms with Crippen LogP contribution in [0.5, 0.6) is 0 Å². The van der Waals surface area contributed by atoms with Gasteiger partial charge in [0, 0.05) is 0 Å². The standard InChI is InChI=1S/C20H21N3O6/c1-3-11-28-19(26)15-9-5-7-13(21-15)17(24)23-18(25)14-8-6-10-16(22-14)20(27)29-12-4-2/h5-10H,3-4,11-12H2,1-2H3,(H,23,24,25). The van der Waals surface area contributed by atoms with E-state index < -0.39 is 23.8 Å². The van der Waals surface area contributed by atoms with E-state index in [0.29, 0.717) is 12.8 Å². The van der Waals surface area contributed by atoms with Gasteiger partial charge in [-0.15, -0.1) is 0 Å². The minimum absolute atomic E-state index is 0.0441. The molecule has 9 nitrogen and oxygen atoms in total. The number of pyridine rings is 2. The van der Waals surface area contributed by atoms with Gasteiger partial charge < -0.3 is 9.47 Å². The summed E-state index contributed by atoms with van der Waals surface area (Å²) in [4.78, 5) is 56.2. The number of hydrogen-bond acceptors (Lipinski definition) is 8. The molecule has 29 heavy (non-hydrogen) atoms. The van der Waals surface area contributed by atoms with Gasteiger partial charge in [-0.2, -0.15) is 0 Å². The van der Waals surface area contributed by atoms with Crippen molar-refractivity contribution in [3.63, 3.8) is 0 Å². The van der Waals surface area contributed by atoms with E-state index >= 15 is 0 Å². The normalized spacial score (nSPS) is 10.1. The van der Waals surface area contributed by atoms with E-state index in [-0.39, 0.29) is 36.0 Å².